The van der Waals surface area contributed by atoms with E-state index in [0.717, 1.165) is 24.2 Å². The average molecular weight is 342 g/mol. The van der Waals surface area contributed by atoms with Crippen LogP contribution in [0.3, 0.4) is 0 Å². The van der Waals surface area contributed by atoms with Crippen LogP contribution >= 0.6 is 11.8 Å². The fourth-order valence-electron chi connectivity index (χ4n) is 2.86. The van der Waals surface area contributed by atoms with E-state index in [2.05, 4.69) is 6.07 Å². The minimum Gasteiger partial charge on any atom is -0.311 e. The number of rotatable bonds is 5. The number of nitro groups is 1. The fourth-order valence-corrected chi connectivity index (χ4v) is 3.75. The molecule has 124 valence electrons. The Morgan fingerprint density at radius 2 is 2.08 bits per heavy atom. The predicted molar refractivity (Wildman–Crippen MR) is 96.5 cm³/mol. The molecule has 1 atom stereocenters. The first-order valence-corrected chi connectivity index (χ1v) is 8.85. The van der Waals surface area contributed by atoms with E-state index in [0.29, 0.717) is 5.75 Å². The Morgan fingerprint density at radius 3 is 2.88 bits per heavy atom. The van der Waals surface area contributed by atoms with E-state index >= 15 is 0 Å². The number of para-hydroxylation sites is 1. The third-order valence-electron chi connectivity index (χ3n) is 4.20. The number of carbonyl (C=O) groups is 1. The molecule has 0 N–H and O–H groups in total. The summed E-state index contributed by atoms with van der Waals surface area (Å²) in [5, 5.41) is 10.9. The van der Waals surface area contributed by atoms with Crippen LogP contribution in [0.2, 0.25) is 0 Å². The second-order valence-corrected chi connectivity index (χ2v) is 7.06. The first-order valence-electron chi connectivity index (χ1n) is 7.80. The maximum absolute atomic E-state index is 12.5. The number of thioether (sulfide) groups is 1. The average Bonchev–Trinajstić information content (AvgIpc) is 3.03. The summed E-state index contributed by atoms with van der Waals surface area (Å²) in [7, 11) is 0. The summed E-state index contributed by atoms with van der Waals surface area (Å²) >= 11 is 1.51. The molecule has 0 bridgehead atoms. The van der Waals surface area contributed by atoms with Crippen molar-refractivity contribution in [1.82, 2.24) is 0 Å². The van der Waals surface area contributed by atoms with Crippen molar-refractivity contribution < 1.29 is 9.72 Å². The van der Waals surface area contributed by atoms with Gasteiger partial charge in [0.15, 0.2) is 0 Å². The Balaban J connectivity index is 1.63. The molecule has 3 rings (SSSR count). The summed E-state index contributed by atoms with van der Waals surface area (Å²) in [6.45, 7) is 2.69. The van der Waals surface area contributed by atoms with Crippen LogP contribution in [0, 0.1) is 10.1 Å². The van der Waals surface area contributed by atoms with Crippen LogP contribution in [-0.4, -0.2) is 23.1 Å². The van der Waals surface area contributed by atoms with Gasteiger partial charge in [-0.15, -0.1) is 11.8 Å². The number of carbonyl (C=O) groups excluding carboxylic acids is 1. The normalized spacial score (nSPS) is 14.3. The SMILES string of the molecule is C[C@@H](SCC(=O)N1CCc2ccccc21)c1cccc([N+](=O)[O-])c1. The number of hydrogen-bond donors (Lipinski definition) is 0. The van der Waals surface area contributed by atoms with Crippen molar-refractivity contribution in [3.8, 4) is 0 Å². The highest BCUT2D eigenvalue weighted by molar-refractivity contribution is 8.00. The Bertz CT molecular complexity index is 778. The summed E-state index contributed by atoms with van der Waals surface area (Å²) in [4.78, 5) is 24.8. The number of benzene rings is 2. The van der Waals surface area contributed by atoms with Crippen LogP contribution in [0.4, 0.5) is 11.4 Å². The zero-order chi connectivity index (χ0) is 17.1. The van der Waals surface area contributed by atoms with Gasteiger partial charge in [-0.3, -0.25) is 14.9 Å². The molecule has 0 aliphatic carbocycles. The number of hydrogen-bond acceptors (Lipinski definition) is 4. The lowest BCUT2D eigenvalue weighted by Gasteiger charge is -2.18. The molecule has 1 aliphatic heterocycles. The second kappa shape index (κ2) is 7.05. The summed E-state index contributed by atoms with van der Waals surface area (Å²) in [5.41, 5.74) is 3.16. The predicted octanol–water partition coefficient (Wildman–Crippen LogP) is 3.98. The first kappa shape index (κ1) is 16.5. The Kier molecular flexibility index (Phi) is 4.85. The highest BCUT2D eigenvalue weighted by atomic mass is 32.2. The standard InChI is InChI=1S/C18H18N2O3S/c1-13(15-6-4-7-16(11-15)20(22)23)24-12-18(21)19-10-9-14-5-2-3-8-17(14)19/h2-8,11,13H,9-10,12H2,1H3/t13-/m1/s1. The van der Waals surface area contributed by atoms with Crippen LogP contribution in [-0.2, 0) is 11.2 Å². The van der Waals surface area contributed by atoms with E-state index in [1.807, 2.05) is 36.1 Å². The van der Waals surface area contributed by atoms with Gasteiger partial charge in [-0.1, -0.05) is 30.3 Å². The van der Waals surface area contributed by atoms with Crippen molar-refractivity contribution in [2.75, 3.05) is 17.2 Å². The highest BCUT2D eigenvalue weighted by Crippen LogP contribution is 2.32. The largest absolute Gasteiger partial charge is 0.311 e. The van der Waals surface area contributed by atoms with Gasteiger partial charge >= 0.3 is 0 Å². The van der Waals surface area contributed by atoms with Crippen LogP contribution in [0.25, 0.3) is 0 Å². The topological polar surface area (TPSA) is 63.5 Å². The van der Waals surface area contributed by atoms with E-state index in [1.165, 1.54) is 23.4 Å². The molecule has 1 heterocycles. The van der Waals surface area contributed by atoms with Gasteiger partial charge in [0.25, 0.3) is 5.69 Å². The monoisotopic (exact) mass is 342 g/mol. The summed E-state index contributed by atoms with van der Waals surface area (Å²) < 4.78 is 0. The van der Waals surface area contributed by atoms with Crippen LogP contribution in [0.1, 0.15) is 23.3 Å². The van der Waals surface area contributed by atoms with E-state index in [4.69, 9.17) is 0 Å². The van der Waals surface area contributed by atoms with Gasteiger partial charge in [-0.25, -0.2) is 0 Å². The number of amides is 1. The van der Waals surface area contributed by atoms with E-state index in [1.54, 1.807) is 12.1 Å². The molecule has 2 aromatic carbocycles. The van der Waals surface area contributed by atoms with Gasteiger partial charge < -0.3 is 4.90 Å². The van der Waals surface area contributed by atoms with Crippen molar-refractivity contribution in [3.63, 3.8) is 0 Å². The quantitative estimate of drug-likeness (QED) is 0.609. The molecular weight excluding hydrogens is 324 g/mol. The van der Waals surface area contributed by atoms with Gasteiger partial charge in [-0.2, -0.15) is 0 Å². The third kappa shape index (κ3) is 3.43. The lowest BCUT2D eigenvalue weighted by molar-refractivity contribution is -0.384. The molecule has 0 saturated heterocycles. The zero-order valence-corrected chi connectivity index (χ0v) is 14.2. The van der Waals surface area contributed by atoms with Gasteiger partial charge in [-0.05, 0) is 30.5 Å². The summed E-state index contributed by atoms with van der Waals surface area (Å²) in [6, 6.07) is 14.6. The molecule has 2 aromatic rings. The Hall–Kier alpha value is -2.34. The molecule has 0 unspecified atom stereocenters. The Morgan fingerprint density at radius 1 is 1.29 bits per heavy atom. The number of anilines is 1. The maximum Gasteiger partial charge on any atom is 0.269 e. The molecule has 1 amide bonds. The van der Waals surface area contributed by atoms with E-state index in [-0.39, 0.29) is 16.8 Å². The van der Waals surface area contributed by atoms with Crippen LogP contribution in [0.15, 0.2) is 48.5 Å². The molecule has 1 aliphatic rings. The number of non-ortho nitro benzene ring substituents is 1. The summed E-state index contributed by atoms with van der Waals surface area (Å²) in [6.07, 6.45) is 0.896. The molecule has 0 aromatic heterocycles. The lowest BCUT2D eigenvalue weighted by atomic mass is 10.1. The van der Waals surface area contributed by atoms with Gasteiger partial charge in [0.05, 0.1) is 10.7 Å². The van der Waals surface area contributed by atoms with Crippen molar-refractivity contribution in [3.05, 3.63) is 69.8 Å². The molecule has 0 radical (unpaired) electrons. The molecule has 6 heteroatoms. The smallest absolute Gasteiger partial charge is 0.269 e. The van der Waals surface area contributed by atoms with E-state index in [9.17, 15) is 14.9 Å². The van der Waals surface area contributed by atoms with Crippen molar-refractivity contribution in [2.24, 2.45) is 0 Å². The molecule has 0 fully saturated rings. The lowest BCUT2D eigenvalue weighted by Crippen LogP contribution is -2.30. The van der Waals surface area contributed by atoms with Crippen molar-refractivity contribution in [2.45, 2.75) is 18.6 Å². The first-order chi connectivity index (χ1) is 11.6. The minimum absolute atomic E-state index is 0.0201. The number of fused-ring (bicyclic) bond motifs is 1. The van der Waals surface area contributed by atoms with Gasteiger partial charge in [0.2, 0.25) is 5.91 Å². The number of nitro benzene ring substituents is 1. The number of nitrogens with zero attached hydrogens (tertiary/aromatic N) is 2. The Labute approximate surface area is 144 Å². The molecule has 24 heavy (non-hydrogen) atoms. The minimum atomic E-state index is -0.396. The zero-order valence-electron chi connectivity index (χ0n) is 13.3. The molecule has 0 spiro atoms. The van der Waals surface area contributed by atoms with Crippen molar-refractivity contribution >= 4 is 29.0 Å². The third-order valence-corrected chi connectivity index (χ3v) is 5.38. The van der Waals surface area contributed by atoms with Crippen LogP contribution in [0.5, 0.6) is 0 Å². The molecule has 0 saturated carbocycles. The van der Waals surface area contributed by atoms with Gasteiger partial charge in [0.1, 0.15) is 0 Å². The second-order valence-electron chi connectivity index (χ2n) is 5.73. The van der Waals surface area contributed by atoms with Crippen molar-refractivity contribution in [1.29, 1.82) is 0 Å². The van der Waals surface area contributed by atoms with Gasteiger partial charge in [0, 0.05) is 29.6 Å². The maximum atomic E-state index is 12.5. The fraction of sp³-hybridized carbons (Fsp3) is 0.278. The molecule has 5 nitrogen and oxygen atoms in total. The van der Waals surface area contributed by atoms with E-state index < -0.39 is 4.92 Å². The summed E-state index contributed by atoms with van der Waals surface area (Å²) in [5.74, 6) is 0.445. The highest BCUT2D eigenvalue weighted by Gasteiger charge is 2.24. The van der Waals surface area contributed by atoms with Crippen LogP contribution < -0.4 is 4.90 Å². The molecular formula is C18H18N2O3S.